The molecule has 2 aromatic rings. The van der Waals surface area contributed by atoms with Crippen molar-refractivity contribution in [2.45, 2.75) is 4.90 Å². The Morgan fingerprint density at radius 1 is 1.03 bits per heavy atom. The Morgan fingerprint density at radius 2 is 1.72 bits per heavy atom. The molecule has 2 aliphatic heterocycles. The van der Waals surface area contributed by atoms with Gasteiger partial charge in [-0.2, -0.15) is 13.4 Å². The molecule has 0 saturated carbocycles. The van der Waals surface area contributed by atoms with E-state index in [4.69, 9.17) is 8.92 Å². The van der Waals surface area contributed by atoms with Crippen LogP contribution < -0.4 is 4.18 Å². The Labute approximate surface area is 173 Å². The van der Waals surface area contributed by atoms with Gasteiger partial charge in [0.1, 0.15) is 10.6 Å². The smallest absolute Gasteiger partial charge is 0.339 e. The molecule has 0 bridgehead atoms. The van der Waals surface area contributed by atoms with Crippen molar-refractivity contribution in [3.63, 3.8) is 0 Å². The van der Waals surface area contributed by atoms with Gasteiger partial charge in [-0.25, -0.2) is 0 Å². The molecule has 0 N–H and O–H groups in total. The maximum atomic E-state index is 12.3. The zero-order valence-corrected chi connectivity index (χ0v) is 17.0. The monoisotopic (exact) mass is 430 g/mol. The lowest BCUT2D eigenvalue weighted by Gasteiger charge is -2.27. The zero-order valence-electron chi connectivity index (χ0n) is 15.4. The van der Waals surface area contributed by atoms with Crippen molar-refractivity contribution < 1.29 is 22.1 Å². The number of rotatable bonds is 4. The Bertz CT molecular complexity index is 1060. The minimum Gasteiger partial charge on any atom is -0.379 e. The molecule has 2 aliphatic rings. The first-order valence-electron chi connectivity index (χ1n) is 8.96. The molecule has 0 unspecified atom stereocenters. The van der Waals surface area contributed by atoms with E-state index < -0.39 is 10.1 Å². The van der Waals surface area contributed by atoms with Gasteiger partial charge in [0.05, 0.1) is 18.1 Å². The van der Waals surface area contributed by atoms with Gasteiger partial charge in [-0.05, 0) is 47.7 Å². The Kier molecular flexibility index (Phi) is 5.70. The standard InChI is InChI=1S/C20H18N2O5S2/c23-19-18(28-20(21-19)22-10-12-26-13-11-22)14-15-6-8-16(9-7-15)27-29(24,25)17-4-2-1-3-5-17/h1-9,14H,10-13H2. The van der Waals surface area contributed by atoms with Gasteiger partial charge in [0.2, 0.25) is 0 Å². The van der Waals surface area contributed by atoms with Crippen LogP contribution in [0.5, 0.6) is 5.75 Å². The highest BCUT2D eigenvalue weighted by atomic mass is 32.2. The highest BCUT2D eigenvalue weighted by Crippen LogP contribution is 2.31. The first kappa shape index (κ1) is 19.7. The van der Waals surface area contributed by atoms with Crippen LogP contribution in [0.3, 0.4) is 0 Å². The average molecular weight is 431 g/mol. The second-order valence-electron chi connectivity index (χ2n) is 6.33. The van der Waals surface area contributed by atoms with E-state index in [0.717, 1.165) is 5.56 Å². The molecule has 1 saturated heterocycles. The number of thioether (sulfide) groups is 1. The highest BCUT2D eigenvalue weighted by molar-refractivity contribution is 8.18. The number of amidine groups is 1. The van der Waals surface area contributed by atoms with Crippen molar-refractivity contribution in [1.82, 2.24) is 4.90 Å². The van der Waals surface area contributed by atoms with Crippen LogP contribution in [0.4, 0.5) is 0 Å². The van der Waals surface area contributed by atoms with Crippen LogP contribution in [0, 0.1) is 0 Å². The average Bonchev–Trinajstić information content (AvgIpc) is 3.11. The summed E-state index contributed by atoms with van der Waals surface area (Å²) in [6.45, 7) is 2.68. The van der Waals surface area contributed by atoms with Crippen LogP contribution in [0.1, 0.15) is 5.56 Å². The summed E-state index contributed by atoms with van der Waals surface area (Å²) in [7, 11) is -3.88. The fourth-order valence-electron chi connectivity index (χ4n) is 2.82. The first-order valence-corrected chi connectivity index (χ1v) is 11.2. The lowest BCUT2D eigenvalue weighted by Crippen LogP contribution is -2.38. The number of amides is 1. The number of nitrogens with zero attached hydrogens (tertiary/aromatic N) is 2. The number of aliphatic imine (C=N–C) groups is 1. The van der Waals surface area contributed by atoms with Gasteiger partial charge in [-0.15, -0.1) is 0 Å². The highest BCUT2D eigenvalue weighted by Gasteiger charge is 2.27. The maximum absolute atomic E-state index is 12.3. The summed E-state index contributed by atoms with van der Waals surface area (Å²) in [5, 5.41) is 0.693. The van der Waals surface area contributed by atoms with E-state index in [-0.39, 0.29) is 16.6 Å². The van der Waals surface area contributed by atoms with Gasteiger partial charge in [0, 0.05) is 13.1 Å². The molecule has 1 fully saturated rings. The molecule has 9 heteroatoms. The number of carbonyl (C=O) groups is 1. The van der Waals surface area contributed by atoms with Crippen LogP contribution in [0.15, 0.2) is 69.4 Å². The third kappa shape index (κ3) is 4.69. The first-order chi connectivity index (χ1) is 14.0. The van der Waals surface area contributed by atoms with Crippen LogP contribution in [-0.4, -0.2) is 50.7 Å². The molecule has 0 aliphatic carbocycles. The molecule has 0 atom stereocenters. The molecular weight excluding hydrogens is 412 g/mol. The van der Waals surface area contributed by atoms with E-state index in [9.17, 15) is 13.2 Å². The Morgan fingerprint density at radius 3 is 2.41 bits per heavy atom. The van der Waals surface area contributed by atoms with Gasteiger partial charge in [0.25, 0.3) is 5.91 Å². The number of benzene rings is 2. The largest absolute Gasteiger partial charge is 0.379 e. The maximum Gasteiger partial charge on any atom is 0.339 e. The molecule has 0 spiro atoms. The van der Waals surface area contributed by atoms with Crippen molar-refractivity contribution in [3.8, 4) is 5.75 Å². The topological polar surface area (TPSA) is 85.3 Å². The molecule has 2 aromatic carbocycles. The number of hydrogen-bond acceptors (Lipinski definition) is 7. The molecule has 0 radical (unpaired) electrons. The predicted molar refractivity (Wildman–Crippen MR) is 111 cm³/mol. The minimum atomic E-state index is -3.88. The zero-order chi connectivity index (χ0) is 20.3. The van der Waals surface area contributed by atoms with Crippen LogP contribution in [-0.2, 0) is 19.6 Å². The van der Waals surface area contributed by atoms with Crippen molar-refractivity contribution in [2.75, 3.05) is 26.3 Å². The Balaban J connectivity index is 1.44. The summed E-state index contributed by atoms with van der Waals surface area (Å²) in [6, 6.07) is 14.5. The van der Waals surface area contributed by atoms with E-state index in [0.29, 0.717) is 36.4 Å². The summed E-state index contributed by atoms with van der Waals surface area (Å²) in [6.07, 6.45) is 1.74. The normalized spacial score (nSPS) is 18.8. The second-order valence-corrected chi connectivity index (χ2v) is 8.88. The Hall–Kier alpha value is -2.62. The van der Waals surface area contributed by atoms with Crippen molar-refractivity contribution in [2.24, 2.45) is 4.99 Å². The third-order valence-corrected chi connectivity index (χ3v) is 6.61. The third-order valence-electron chi connectivity index (χ3n) is 4.31. The van der Waals surface area contributed by atoms with E-state index in [2.05, 4.69) is 4.99 Å². The summed E-state index contributed by atoms with van der Waals surface area (Å²) < 4.78 is 35.1. The fraction of sp³-hybridized carbons (Fsp3) is 0.200. The van der Waals surface area contributed by atoms with E-state index in [1.807, 2.05) is 4.90 Å². The summed E-state index contributed by atoms with van der Waals surface area (Å²) in [5.41, 5.74) is 0.753. The SMILES string of the molecule is O=C1N=C(N2CCOCC2)SC1=Cc1ccc(OS(=O)(=O)c2ccccc2)cc1. The molecule has 1 amide bonds. The minimum absolute atomic E-state index is 0.0898. The molecule has 4 rings (SSSR count). The molecule has 29 heavy (non-hydrogen) atoms. The quantitative estimate of drug-likeness (QED) is 0.545. The van der Waals surface area contributed by atoms with Gasteiger partial charge in [-0.1, -0.05) is 30.3 Å². The number of hydrogen-bond donors (Lipinski definition) is 0. The summed E-state index contributed by atoms with van der Waals surface area (Å²) in [5.74, 6) is -0.0739. The van der Waals surface area contributed by atoms with E-state index in [1.165, 1.54) is 23.9 Å². The van der Waals surface area contributed by atoms with Crippen molar-refractivity contribution in [3.05, 3.63) is 65.1 Å². The van der Waals surface area contributed by atoms with Crippen molar-refractivity contribution in [1.29, 1.82) is 0 Å². The summed E-state index contributed by atoms with van der Waals surface area (Å²) >= 11 is 1.34. The number of morpholine rings is 1. The number of ether oxygens (including phenoxy) is 1. The fourth-order valence-corrected chi connectivity index (χ4v) is 4.74. The lowest BCUT2D eigenvalue weighted by atomic mass is 10.2. The second kappa shape index (κ2) is 8.40. The lowest BCUT2D eigenvalue weighted by molar-refractivity contribution is -0.113. The van der Waals surface area contributed by atoms with Crippen LogP contribution in [0.2, 0.25) is 0 Å². The van der Waals surface area contributed by atoms with Gasteiger partial charge in [0.15, 0.2) is 5.17 Å². The van der Waals surface area contributed by atoms with E-state index in [1.54, 1.807) is 48.5 Å². The van der Waals surface area contributed by atoms with Crippen molar-refractivity contribution >= 4 is 39.0 Å². The van der Waals surface area contributed by atoms with Gasteiger partial charge in [-0.3, -0.25) is 4.79 Å². The van der Waals surface area contributed by atoms with E-state index >= 15 is 0 Å². The van der Waals surface area contributed by atoms with Crippen LogP contribution in [0.25, 0.3) is 6.08 Å². The van der Waals surface area contributed by atoms with Gasteiger partial charge >= 0.3 is 10.1 Å². The molecule has 7 nitrogen and oxygen atoms in total. The molecular formula is C20H18N2O5S2. The predicted octanol–water partition coefficient (Wildman–Crippen LogP) is 2.76. The van der Waals surface area contributed by atoms with Crippen LogP contribution >= 0.6 is 11.8 Å². The molecule has 0 aromatic heterocycles. The van der Waals surface area contributed by atoms with Gasteiger partial charge < -0.3 is 13.8 Å². The number of carbonyl (C=O) groups excluding carboxylic acids is 1. The molecule has 150 valence electrons. The summed E-state index contributed by atoms with van der Waals surface area (Å²) in [4.78, 5) is 19.0. The molecule has 2 heterocycles.